The predicted octanol–water partition coefficient (Wildman–Crippen LogP) is 3.13. The molecule has 0 heterocycles. The number of carbonyl (C=O) groups excluding carboxylic acids is 1. The summed E-state index contributed by atoms with van der Waals surface area (Å²) < 4.78 is 5.26. The number of amides is 1. The average molecular weight is 334 g/mol. The van der Waals surface area contributed by atoms with Crippen LogP contribution in [0.3, 0.4) is 0 Å². The van der Waals surface area contributed by atoms with Gasteiger partial charge in [-0.1, -0.05) is 36.5 Å². The molecule has 1 rings (SSSR count). The first-order chi connectivity index (χ1) is 9.78. The largest absolute Gasteiger partial charge is 0.482 e. The molecule has 0 aliphatic carbocycles. The number of hydrogen-bond donors (Lipinski definition) is 2. The predicted molar refractivity (Wildman–Crippen MR) is 81.0 cm³/mol. The second kappa shape index (κ2) is 7.52. The van der Waals surface area contributed by atoms with Crippen LogP contribution >= 0.6 is 23.2 Å². The number of carboxylic acid groups (broad SMARTS) is 1. The highest BCUT2D eigenvalue weighted by Gasteiger charge is 2.33. The molecule has 1 atom stereocenters. The molecular weight excluding hydrogens is 317 g/mol. The fraction of sp³-hybridized carbons (Fsp3) is 0.429. The summed E-state index contributed by atoms with van der Waals surface area (Å²) in [5.41, 5.74) is -1.31. The van der Waals surface area contributed by atoms with Crippen molar-refractivity contribution in [2.24, 2.45) is 0 Å². The molecule has 116 valence electrons. The first-order valence-electron chi connectivity index (χ1n) is 6.40. The quantitative estimate of drug-likeness (QED) is 0.803. The normalized spacial score (nSPS) is 13.3. The van der Waals surface area contributed by atoms with Gasteiger partial charge in [0.05, 0.1) is 5.02 Å². The van der Waals surface area contributed by atoms with E-state index in [9.17, 15) is 14.7 Å². The minimum atomic E-state index is -1.31. The SMILES string of the molecule is CCCC(C)(NC(=O)COc1ccc(Cl)cc1Cl)C(=O)O. The molecule has 0 radical (unpaired) electrons. The Morgan fingerprint density at radius 2 is 2.05 bits per heavy atom. The van der Waals surface area contributed by atoms with Gasteiger partial charge >= 0.3 is 5.97 Å². The maximum Gasteiger partial charge on any atom is 0.329 e. The molecule has 0 spiro atoms. The van der Waals surface area contributed by atoms with Gasteiger partial charge in [0.25, 0.3) is 5.91 Å². The number of hydrogen-bond acceptors (Lipinski definition) is 3. The summed E-state index contributed by atoms with van der Waals surface area (Å²) in [4.78, 5) is 23.0. The van der Waals surface area contributed by atoms with Crippen molar-refractivity contribution in [1.29, 1.82) is 0 Å². The molecule has 1 amide bonds. The summed E-state index contributed by atoms with van der Waals surface area (Å²) >= 11 is 11.7. The van der Waals surface area contributed by atoms with Crippen LogP contribution in [-0.4, -0.2) is 29.1 Å². The Morgan fingerprint density at radius 1 is 1.38 bits per heavy atom. The average Bonchev–Trinajstić information content (AvgIpc) is 2.37. The molecule has 0 bridgehead atoms. The Balaban J connectivity index is 2.63. The van der Waals surface area contributed by atoms with E-state index in [1.165, 1.54) is 13.0 Å². The number of nitrogens with one attached hydrogen (secondary N) is 1. The number of carboxylic acids is 1. The van der Waals surface area contributed by atoms with Crippen molar-refractivity contribution >= 4 is 35.1 Å². The number of carbonyl (C=O) groups is 2. The maximum absolute atomic E-state index is 11.8. The highest BCUT2D eigenvalue weighted by atomic mass is 35.5. The standard InChI is InChI=1S/C14H17Cl2NO4/c1-3-6-14(2,13(19)20)17-12(18)8-21-11-5-4-9(15)7-10(11)16/h4-5,7H,3,6,8H2,1-2H3,(H,17,18)(H,19,20). The van der Waals surface area contributed by atoms with E-state index in [0.29, 0.717) is 23.6 Å². The molecule has 0 aromatic heterocycles. The second-order valence-electron chi connectivity index (χ2n) is 4.80. The van der Waals surface area contributed by atoms with Gasteiger partial charge in [-0.25, -0.2) is 4.79 Å². The smallest absolute Gasteiger partial charge is 0.329 e. The zero-order valence-corrected chi connectivity index (χ0v) is 13.3. The summed E-state index contributed by atoms with van der Waals surface area (Å²) in [6, 6.07) is 4.62. The van der Waals surface area contributed by atoms with Gasteiger partial charge in [0.2, 0.25) is 0 Å². The monoisotopic (exact) mass is 333 g/mol. The fourth-order valence-electron chi connectivity index (χ4n) is 1.80. The van der Waals surface area contributed by atoms with Crippen LogP contribution in [-0.2, 0) is 9.59 Å². The third-order valence-electron chi connectivity index (χ3n) is 2.89. The van der Waals surface area contributed by atoms with Crippen LogP contribution in [0.4, 0.5) is 0 Å². The lowest BCUT2D eigenvalue weighted by Gasteiger charge is -2.25. The molecule has 5 nitrogen and oxygen atoms in total. The van der Waals surface area contributed by atoms with E-state index in [1.54, 1.807) is 12.1 Å². The van der Waals surface area contributed by atoms with E-state index in [0.717, 1.165) is 0 Å². The van der Waals surface area contributed by atoms with Gasteiger partial charge in [-0.2, -0.15) is 0 Å². The Bertz CT molecular complexity index is 536. The second-order valence-corrected chi connectivity index (χ2v) is 5.64. The van der Waals surface area contributed by atoms with Crippen molar-refractivity contribution in [2.75, 3.05) is 6.61 Å². The van der Waals surface area contributed by atoms with Crippen LogP contribution < -0.4 is 10.1 Å². The lowest BCUT2D eigenvalue weighted by Crippen LogP contribution is -2.53. The maximum atomic E-state index is 11.8. The summed E-state index contributed by atoms with van der Waals surface area (Å²) in [6.07, 6.45) is 0.961. The van der Waals surface area contributed by atoms with Crippen molar-refractivity contribution in [3.05, 3.63) is 28.2 Å². The van der Waals surface area contributed by atoms with Crippen LogP contribution in [0.1, 0.15) is 26.7 Å². The number of ether oxygens (including phenoxy) is 1. The van der Waals surface area contributed by atoms with Crippen molar-refractivity contribution < 1.29 is 19.4 Å². The van der Waals surface area contributed by atoms with Crippen molar-refractivity contribution in [2.45, 2.75) is 32.2 Å². The molecule has 2 N–H and O–H groups in total. The van der Waals surface area contributed by atoms with E-state index < -0.39 is 17.4 Å². The third-order valence-corrected chi connectivity index (χ3v) is 3.42. The summed E-state index contributed by atoms with van der Waals surface area (Å²) in [6.45, 7) is 2.98. The molecule has 0 saturated carbocycles. The van der Waals surface area contributed by atoms with Crippen LogP contribution in [0.5, 0.6) is 5.75 Å². The van der Waals surface area contributed by atoms with E-state index in [-0.39, 0.29) is 11.6 Å². The summed E-state index contributed by atoms with van der Waals surface area (Å²) in [5.74, 6) is -1.30. The Morgan fingerprint density at radius 3 is 2.57 bits per heavy atom. The number of rotatable bonds is 7. The van der Waals surface area contributed by atoms with Crippen molar-refractivity contribution in [3.8, 4) is 5.75 Å². The molecular formula is C14H17Cl2NO4. The Labute approximate surface area is 133 Å². The third kappa shape index (κ3) is 5.10. The van der Waals surface area contributed by atoms with Crippen LogP contribution in [0, 0.1) is 0 Å². The van der Waals surface area contributed by atoms with Crippen molar-refractivity contribution in [3.63, 3.8) is 0 Å². The minimum Gasteiger partial charge on any atom is -0.482 e. The molecule has 1 unspecified atom stereocenters. The first kappa shape index (κ1) is 17.6. The van der Waals surface area contributed by atoms with Gasteiger partial charge in [0, 0.05) is 5.02 Å². The van der Waals surface area contributed by atoms with E-state index in [1.807, 2.05) is 6.92 Å². The Hall–Kier alpha value is -1.46. The molecule has 1 aromatic rings. The highest BCUT2D eigenvalue weighted by molar-refractivity contribution is 6.35. The summed E-state index contributed by atoms with van der Waals surface area (Å²) in [5, 5.41) is 12.4. The van der Waals surface area contributed by atoms with Crippen LogP contribution in [0.2, 0.25) is 10.0 Å². The fourth-order valence-corrected chi connectivity index (χ4v) is 2.27. The molecule has 7 heteroatoms. The zero-order valence-electron chi connectivity index (χ0n) is 11.8. The van der Waals surface area contributed by atoms with Gasteiger partial charge in [-0.3, -0.25) is 4.79 Å². The Kier molecular flexibility index (Phi) is 6.30. The molecule has 21 heavy (non-hydrogen) atoms. The van der Waals surface area contributed by atoms with Crippen molar-refractivity contribution in [1.82, 2.24) is 5.32 Å². The van der Waals surface area contributed by atoms with Crippen LogP contribution in [0.25, 0.3) is 0 Å². The van der Waals surface area contributed by atoms with Gasteiger partial charge in [0.15, 0.2) is 6.61 Å². The molecule has 1 aromatic carbocycles. The molecule has 0 aliphatic rings. The number of halogens is 2. The highest BCUT2D eigenvalue weighted by Crippen LogP contribution is 2.27. The molecule has 0 fully saturated rings. The lowest BCUT2D eigenvalue weighted by molar-refractivity contribution is -0.147. The molecule has 0 saturated heterocycles. The van der Waals surface area contributed by atoms with Gasteiger partial charge in [-0.15, -0.1) is 0 Å². The lowest BCUT2D eigenvalue weighted by atomic mass is 9.96. The topological polar surface area (TPSA) is 75.6 Å². The summed E-state index contributed by atoms with van der Waals surface area (Å²) in [7, 11) is 0. The molecule has 0 aliphatic heterocycles. The number of aliphatic carboxylic acids is 1. The zero-order chi connectivity index (χ0) is 16.0. The minimum absolute atomic E-state index is 0.282. The van der Waals surface area contributed by atoms with Gasteiger partial charge in [0.1, 0.15) is 11.3 Å². The van der Waals surface area contributed by atoms with E-state index in [2.05, 4.69) is 5.32 Å². The van der Waals surface area contributed by atoms with E-state index in [4.69, 9.17) is 27.9 Å². The van der Waals surface area contributed by atoms with Gasteiger partial charge < -0.3 is 15.2 Å². The van der Waals surface area contributed by atoms with Gasteiger partial charge in [-0.05, 0) is 31.5 Å². The van der Waals surface area contributed by atoms with Crippen LogP contribution in [0.15, 0.2) is 18.2 Å². The first-order valence-corrected chi connectivity index (χ1v) is 7.16. The van der Waals surface area contributed by atoms with E-state index >= 15 is 0 Å². The number of benzene rings is 1.